The summed E-state index contributed by atoms with van der Waals surface area (Å²) in [6, 6.07) is 12.5. The lowest BCUT2D eigenvalue weighted by Crippen LogP contribution is -1.91. The fraction of sp³-hybridized carbons (Fsp3) is 0.0714. The number of phenolic OH excluding ortho intramolecular Hbond substituents is 1. The maximum atomic E-state index is 10.7. The van der Waals surface area contributed by atoms with Crippen molar-refractivity contribution in [2.24, 2.45) is 0 Å². The Morgan fingerprint density at radius 3 is 2.65 bits per heavy atom. The van der Waals surface area contributed by atoms with Crippen LogP contribution in [0.15, 0.2) is 42.5 Å². The van der Waals surface area contributed by atoms with Crippen molar-refractivity contribution in [1.82, 2.24) is 0 Å². The maximum absolute atomic E-state index is 10.7. The molecule has 0 aliphatic heterocycles. The van der Waals surface area contributed by atoms with Crippen LogP contribution >= 0.6 is 11.6 Å². The predicted molar refractivity (Wildman–Crippen MR) is 67.8 cm³/mol. The first-order chi connectivity index (χ1) is 8.20. The van der Waals surface area contributed by atoms with Crippen molar-refractivity contribution in [2.45, 2.75) is 6.42 Å². The Labute approximate surface area is 104 Å². The number of hydrogen-bond acceptors (Lipinski definition) is 2. The number of aromatic hydroxyl groups is 1. The summed E-state index contributed by atoms with van der Waals surface area (Å²) >= 11 is 6.06. The van der Waals surface area contributed by atoms with Gasteiger partial charge in [0.05, 0.1) is 5.56 Å². The van der Waals surface area contributed by atoms with Gasteiger partial charge in [-0.1, -0.05) is 35.9 Å². The predicted octanol–water partition coefficient (Wildman–Crippen LogP) is 3.45. The molecule has 0 atom stereocenters. The molecule has 2 aromatic rings. The molecule has 86 valence electrons. The standard InChI is InChI=1S/C14H11ClO2/c15-13-4-2-1-3-11(13)7-10-5-6-14(17)12(8-10)9-16/h1-6,8-9,17H,7H2. The van der Waals surface area contributed by atoms with Crippen molar-refractivity contribution in [3.05, 3.63) is 64.2 Å². The van der Waals surface area contributed by atoms with E-state index in [4.69, 9.17) is 11.6 Å². The highest BCUT2D eigenvalue weighted by Crippen LogP contribution is 2.22. The van der Waals surface area contributed by atoms with E-state index >= 15 is 0 Å². The lowest BCUT2D eigenvalue weighted by atomic mass is 10.0. The van der Waals surface area contributed by atoms with Crippen LogP contribution < -0.4 is 0 Å². The molecule has 2 rings (SSSR count). The second-order valence-electron chi connectivity index (χ2n) is 3.78. The Kier molecular flexibility index (Phi) is 3.45. The van der Waals surface area contributed by atoms with E-state index in [9.17, 15) is 9.90 Å². The highest BCUT2D eigenvalue weighted by Gasteiger charge is 2.04. The van der Waals surface area contributed by atoms with E-state index in [0.717, 1.165) is 11.1 Å². The molecule has 0 aliphatic rings. The Balaban J connectivity index is 2.31. The van der Waals surface area contributed by atoms with Gasteiger partial charge in [-0.05, 0) is 35.7 Å². The summed E-state index contributed by atoms with van der Waals surface area (Å²) in [6.45, 7) is 0. The van der Waals surface area contributed by atoms with Crippen LogP contribution in [0, 0.1) is 0 Å². The minimum absolute atomic E-state index is 0.00269. The molecule has 0 aromatic heterocycles. The Hall–Kier alpha value is -1.80. The lowest BCUT2D eigenvalue weighted by molar-refractivity contribution is 0.112. The van der Waals surface area contributed by atoms with E-state index in [2.05, 4.69) is 0 Å². The summed E-state index contributed by atoms with van der Waals surface area (Å²) in [7, 11) is 0. The van der Waals surface area contributed by atoms with Gasteiger partial charge in [-0.25, -0.2) is 0 Å². The van der Waals surface area contributed by atoms with Crippen molar-refractivity contribution < 1.29 is 9.90 Å². The fourth-order valence-corrected chi connectivity index (χ4v) is 1.87. The van der Waals surface area contributed by atoms with Crippen LogP contribution in [0.1, 0.15) is 21.5 Å². The third-order valence-electron chi connectivity index (χ3n) is 2.57. The largest absolute Gasteiger partial charge is 0.507 e. The summed E-state index contributed by atoms with van der Waals surface area (Å²) in [5, 5.41) is 10.1. The molecule has 1 N–H and O–H groups in total. The molecule has 2 aromatic carbocycles. The molecule has 0 fully saturated rings. The zero-order valence-corrected chi connectivity index (χ0v) is 9.82. The number of carbonyl (C=O) groups is 1. The van der Waals surface area contributed by atoms with Crippen molar-refractivity contribution in [3.63, 3.8) is 0 Å². The quantitative estimate of drug-likeness (QED) is 0.843. The maximum Gasteiger partial charge on any atom is 0.153 e. The first-order valence-corrected chi connectivity index (χ1v) is 5.59. The van der Waals surface area contributed by atoms with E-state index in [0.29, 0.717) is 23.3 Å². The van der Waals surface area contributed by atoms with Gasteiger partial charge in [0.2, 0.25) is 0 Å². The fourth-order valence-electron chi connectivity index (χ4n) is 1.67. The molecule has 0 unspecified atom stereocenters. The number of phenols is 1. The van der Waals surface area contributed by atoms with Gasteiger partial charge in [-0.15, -0.1) is 0 Å². The molecule has 2 nitrogen and oxygen atoms in total. The number of aldehydes is 1. The number of benzene rings is 2. The van der Waals surface area contributed by atoms with Crippen molar-refractivity contribution >= 4 is 17.9 Å². The highest BCUT2D eigenvalue weighted by molar-refractivity contribution is 6.31. The van der Waals surface area contributed by atoms with Crippen molar-refractivity contribution in [2.75, 3.05) is 0 Å². The molecule has 0 bridgehead atoms. The van der Waals surface area contributed by atoms with Gasteiger partial charge < -0.3 is 5.11 Å². The molecule has 17 heavy (non-hydrogen) atoms. The van der Waals surface area contributed by atoms with Gasteiger partial charge in [0.15, 0.2) is 6.29 Å². The van der Waals surface area contributed by atoms with E-state index in [1.807, 2.05) is 24.3 Å². The molecule has 0 radical (unpaired) electrons. The van der Waals surface area contributed by atoms with Crippen molar-refractivity contribution in [3.8, 4) is 5.75 Å². The molecule has 0 saturated heterocycles. The average molecular weight is 247 g/mol. The smallest absolute Gasteiger partial charge is 0.153 e. The Morgan fingerprint density at radius 1 is 1.18 bits per heavy atom. The summed E-state index contributed by atoms with van der Waals surface area (Å²) in [5.41, 5.74) is 2.24. The first-order valence-electron chi connectivity index (χ1n) is 5.21. The number of hydrogen-bond donors (Lipinski definition) is 1. The molecule has 0 saturated carbocycles. The monoisotopic (exact) mass is 246 g/mol. The van der Waals surface area contributed by atoms with Crippen LogP contribution in [0.25, 0.3) is 0 Å². The zero-order valence-electron chi connectivity index (χ0n) is 9.06. The number of rotatable bonds is 3. The summed E-state index contributed by atoms with van der Waals surface area (Å²) < 4.78 is 0. The van der Waals surface area contributed by atoms with Gasteiger partial charge in [0.25, 0.3) is 0 Å². The van der Waals surface area contributed by atoms with E-state index in [-0.39, 0.29) is 5.75 Å². The minimum atomic E-state index is 0.00269. The van der Waals surface area contributed by atoms with Gasteiger partial charge in [-0.2, -0.15) is 0 Å². The minimum Gasteiger partial charge on any atom is -0.507 e. The second kappa shape index (κ2) is 5.02. The Bertz CT molecular complexity index is 550. The van der Waals surface area contributed by atoms with Crippen LogP contribution in [0.3, 0.4) is 0 Å². The van der Waals surface area contributed by atoms with E-state index < -0.39 is 0 Å². The van der Waals surface area contributed by atoms with Gasteiger partial charge in [0, 0.05) is 5.02 Å². The van der Waals surface area contributed by atoms with Crippen LogP contribution in [0.5, 0.6) is 5.75 Å². The van der Waals surface area contributed by atoms with Gasteiger partial charge in [0.1, 0.15) is 5.75 Å². The lowest BCUT2D eigenvalue weighted by Gasteiger charge is -2.05. The van der Waals surface area contributed by atoms with Crippen LogP contribution in [-0.4, -0.2) is 11.4 Å². The summed E-state index contributed by atoms with van der Waals surface area (Å²) in [4.78, 5) is 10.7. The molecule has 0 heterocycles. The molecule has 0 spiro atoms. The molecule has 0 amide bonds. The number of carbonyl (C=O) groups excluding carboxylic acids is 1. The zero-order chi connectivity index (χ0) is 12.3. The molecule has 0 aliphatic carbocycles. The van der Waals surface area contributed by atoms with Gasteiger partial charge >= 0.3 is 0 Å². The van der Waals surface area contributed by atoms with Crippen LogP contribution in [0.2, 0.25) is 5.02 Å². The SMILES string of the molecule is O=Cc1cc(Cc2ccccc2Cl)ccc1O. The average Bonchev–Trinajstić information content (AvgIpc) is 2.34. The highest BCUT2D eigenvalue weighted by atomic mass is 35.5. The normalized spacial score (nSPS) is 10.2. The van der Waals surface area contributed by atoms with Crippen LogP contribution in [-0.2, 0) is 6.42 Å². The third-order valence-corrected chi connectivity index (χ3v) is 2.94. The van der Waals surface area contributed by atoms with E-state index in [1.165, 1.54) is 6.07 Å². The molecular weight excluding hydrogens is 236 g/mol. The number of halogens is 1. The summed E-state index contributed by atoms with van der Waals surface area (Å²) in [6.07, 6.45) is 1.28. The summed E-state index contributed by atoms with van der Waals surface area (Å²) in [5.74, 6) is 0.00269. The topological polar surface area (TPSA) is 37.3 Å². The second-order valence-corrected chi connectivity index (χ2v) is 4.19. The van der Waals surface area contributed by atoms with Crippen molar-refractivity contribution in [1.29, 1.82) is 0 Å². The van der Waals surface area contributed by atoms with Gasteiger partial charge in [-0.3, -0.25) is 4.79 Å². The molecular formula is C14H11ClO2. The Morgan fingerprint density at radius 2 is 1.94 bits per heavy atom. The van der Waals surface area contributed by atoms with E-state index in [1.54, 1.807) is 12.1 Å². The molecule has 3 heteroatoms. The third kappa shape index (κ3) is 2.66. The first kappa shape index (κ1) is 11.7. The van der Waals surface area contributed by atoms with Crippen LogP contribution in [0.4, 0.5) is 0 Å².